The summed E-state index contributed by atoms with van der Waals surface area (Å²) in [5.74, 6) is -0.145. The van der Waals surface area contributed by atoms with E-state index in [2.05, 4.69) is 58.9 Å². The average Bonchev–Trinajstić information content (AvgIpc) is 2.74. The highest BCUT2D eigenvalue weighted by Gasteiger charge is 2.16. The van der Waals surface area contributed by atoms with Crippen molar-refractivity contribution < 1.29 is 4.79 Å². The standard InChI is InChI=1S/C14H16IN3OS/c1-14(2,3)8-11-17-18-13(20-11)16-12(19)9-6-4-5-7-10(9)15/h4-7H,8H2,1-3H3,(H,16,18,19). The van der Waals surface area contributed by atoms with Gasteiger partial charge in [-0.2, -0.15) is 0 Å². The number of nitrogens with one attached hydrogen (secondary N) is 1. The lowest BCUT2D eigenvalue weighted by molar-refractivity contribution is 0.102. The molecule has 0 bridgehead atoms. The highest BCUT2D eigenvalue weighted by Crippen LogP contribution is 2.25. The largest absolute Gasteiger partial charge is 0.296 e. The molecular weight excluding hydrogens is 385 g/mol. The fourth-order valence-corrected chi connectivity index (χ4v) is 3.31. The van der Waals surface area contributed by atoms with Gasteiger partial charge in [-0.15, -0.1) is 10.2 Å². The van der Waals surface area contributed by atoms with Gasteiger partial charge in [-0.05, 0) is 40.1 Å². The Labute approximate surface area is 136 Å². The van der Waals surface area contributed by atoms with E-state index in [0.29, 0.717) is 10.7 Å². The molecular formula is C14H16IN3OS. The van der Waals surface area contributed by atoms with Crippen molar-refractivity contribution >= 4 is 45.0 Å². The summed E-state index contributed by atoms with van der Waals surface area (Å²) >= 11 is 3.58. The van der Waals surface area contributed by atoms with Crippen molar-refractivity contribution in [2.24, 2.45) is 5.41 Å². The molecule has 0 saturated carbocycles. The van der Waals surface area contributed by atoms with Crippen LogP contribution in [0.25, 0.3) is 0 Å². The molecule has 0 fully saturated rings. The SMILES string of the molecule is CC(C)(C)Cc1nnc(NC(=O)c2ccccc2I)s1. The second-order valence-electron chi connectivity index (χ2n) is 5.67. The number of amides is 1. The molecule has 1 heterocycles. The maximum absolute atomic E-state index is 12.2. The molecule has 106 valence electrons. The molecule has 20 heavy (non-hydrogen) atoms. The van der Waals surface area contributed by atoms with Gasteiger partial charge in [0.1, 0.15) is 5.01 Å². The van der Waals surface area contributed by atoms with Gasteiger partial charge in [-0.25, -0.2) is 0 Å². The summed E-state index contributed by atoms with van der Waals surface area (Å²) in [7, 11) is 0. The number of rotatable bonds is 3. The van der Waals surface area contributed by atoms with Crippen molar-refractivity contribution in [3.8, 4) is 0 Å². The van der Waals surface area contributed by atoms with E-state index in [1.54, 1.807) is 6.07 Å². The highest BCUT2D eigenvalue weighted by atomic mass is 127. The smallest absolute Gasteiger partial charge is 0.258 e. The first-order valence-electron chi connectivity index (χ1n) is 6.23. The number of hydrogen-bond donors (Lipinski definition) is 1. The predicted molar refractivity (Wildman–Crippen MR) is 90.2 cm³/mol. The fraction of sp³-hybridized carbons (Fsp3) is 0.357. The van der Waals surface area contributed by atoms with Crippen LogP contribution >= 0.6 is 33.9 Å². The number of carbonyl (C=O) groups excluding carboxylic acids is 1. The van der Waals surface area contributed by atoms with Gasteiger partial charge in [-0.1, -0.05) is 44.2 Å². The molecule has 0 aliphatic heterocycles. The third-order valence-corrected chi connectivity index (χ3v) is 4.27. The monoisotopic (exact) mass is 401 g/mol. The molecule has 0 radical (unpaired) electrons. The zero-order valence-corrected chi connectivity index (χ0v) is 14.6. The van der Waals surface area contributed by atoms with Crippen LogP contribution in [-0.2, 0) is 6.42 Å². The summed E-state index contributed by atoms with van der Waals surface area (Å²) in [6, 6.07) is 7.46. The zero-order valence-electron chi connectivity index (χ0n) is 11.6. The topological polar surface area (TPSA) is 54.9 Å². The van der Waals surface area contributed by atoms with Crippen molar-refractivity contribution in [1.82, 2.24) is 10.2 Å². The third kappa shape index (κ3) is 4.24. The van der Waals surface area contributed by atoms with Gasteiger partial charge in [0.25, 0.3) is 5.91 Å². The van der Waals surface area contributed by atoms with Crippen molar-refractivity contribution in [3.05, 3.63) is 38.4 Å². The van der Waals surface area contributed by atoms with Crippen molar-refractivity contribution in [2.75, 3.05) is 5.32 Å². The number of nitrogens with zero attached hydrogens (tertiary/aromatic N) is 2. The van der Waals surface area contributed by atoms with E-state index in [4.69, 9.17) is 0 Å². The summed E-state index contributed by atoms with van der Waals surface area (Å²) in [4.78, 5) is 12.2. The number of anilines is 1. The molecule has 0 aliphatic rings. The Morgan fingerprint density at radius 3 is 2.65 bits per heavy atom. The second-order valence-corrected chi connectivity index (χ2v) is 7.90. The van der Waals surface area contributed by atoms with E-state index in [1.165, 1.54) is 11.3 Å². The Hall–Kier alpha value is -1.02. The molecule has 4 nitrogen and oxygen atoms in total. The summed E-state index contributed by atoms with van der Waals surface area (Å²) in [6.45, 7) is 6.46. The summed E-state index contributed by atoms with van der Waals surface area (Å²) in [5.41, 5.74) is 0.816. The number of carbonyl (C=O) groups is 1. The summed E-state index contributed by atoms with van der Waals surface area (Å²) < 4.78 is 0.919. The number of hydrogen-bond acceptors (Lipinski definition) is 4. The minimum Gasteiger partial charge on any atom is -0.296 e. The molecule has 1 aromatic carbocycles. The first-order valence-corrected chi connectivity index (χ1v) is 8.13. The highest BCUT2D eigenvalue weighted by molar-refractivity contribution is 14.1. The van der Waals surface area contributed by atoms with Crippen LogP contribution < -0.4 is 5.32 Å². The molecule has 0 aliphatic carbocycles. The van der Waals surface area contributed by atoms with Crippen LogP contribution in [0.5, 0.6) is 0 Å². The zero-order chi connectivity index (χ0) is 14.8. The maximum atomic E-state index is 12.2. The van der Waals surface area contributed by atoms with Gasteiger partial charge >= 0.3 is 0 Å². The fourth-order valence-electron chi connectivity index (χ4n) is 1.64. The van der Waals surface area contributed by atoms with Gasteiger partial charge in [-0.3, -0.25) is 10.1 Å². The van der Waals surface area contributed by atoms with Crippen LogP contribution in [0.1, 0.15) is 36.1 Å². The van der Waals surface area contributed by atoms with Crippen LogP contribution in [0.15, 0.2) is 24.3 Å². The van der Waals surface area contributed by atoms with Gasteiger partial charge in [0.15, 0.2) is 0 Å². The molecule has 0 saturated heterocycles. The second kappa shape index (κ2) is 6.17. The normalized spacial score (nSPS) is 11.4. The Morgan fingerprint density at radius 2 is 2.00 bits per heavy atom. The number of aromatic nitrogens is 2. The van der Waals surface area contributed by atoms with Gasteiger partial charge in [0, 0.05) is 9.99 Å². The molecule has 1 amide bonds. The lowest BCUT2D eigenvalue weighted by Crippen LogP contribution is -2.13. The van der Waals surface area contributed by atoms with Crippen LogP contribution in [0.3, 0.4) is 0 Å². The van der Waals surface area contributed by atoms with Gasteiger partial charge in [0.05, 0.1) is 5.56 Å². The summed E-state index contributed by atoms with van der Waals surface area (Å²) in [6.07, 6.45) is 0.851. The summed E-state index contributed by atoms with van der Waals surface area (Å²) in [5, 5.41) is 12.4. The quantitative estimate of drug-likeness (QED) is 0.792. The van der Waals surface area contributed by atoms with Crippen LogP contribution in [0.4, 0.5) is 5.13 Å². The van der Waals surface area contributed by atoms with Crippen molar-refractivity contribution in [2.45, 2.75) is 27.2 Å². The molecule has 0 atom stereocenters. The Bertz CT molecular complexity index is 619. The lowest BCUT2D eigenvalue weighted by Gasteiger charge is -2.14. The first kappa shape index (κ1) is 15.4. The molecule has 6 heteroatoms. The molecule has 1 aromatic heterocycles. The Balaban J connectivity index is 2.08. The molecule has 2 rings (SSSR count). The molecule has 0 unspecified atom stereocenters. The van der Waals surface area contributed by atoms with Crippen molar-refractivity contribution in [3.63, 3.8) is 0 Å². The van der Waals surface area contributed by atoms with Crippen LogP contribution in [-0.4, -0.2) is 16.1 Å². The molecule has 2 aromatic rings. The number of benzene rings is 1. The van der Waals surface area contributed by atoms with Gasteiger partial charge in [0.2, 0.25) is 5.13 Å². The number of halogens is 1. The van der Waals surface area contributed by atoms with Gasteiger partial charge < -0.3 is 0 Å². The minimum absolute atomic E-state index is 0.145. The van der Waals surface area contributed by atoms with E-state index >= 15 is 0 Å². The average molecular weight is 401 g/mol. The third-order valence-electron chi connectivity index (χ3n) is 2.49. The van der Waals surface area contributed by atoms with E-state index < -0.39 is 0 Å². The Morgan fingerprint density at radius 1 is 1.30 bits per heavy atom. The predicted octanol–water partition coefficient (Wildman–Crippen LogP) is 3.98. The van der Waals surface area contributed by atoms with Crippen LogP contribution in [0, 0.1) is 8.99 Å². The lowest BCUT2D eigenvalue weighted by atomic mass is 9.93. The van der Waals surface area contributed by atoms with Crippen LogP contribution in [0.2, 0.25) is 0 Å². The van der Waals surface area contributed by atoms with E-state index in [9.17, 15) is 4.79 Å². The van der Waals surface area contributed by atoms with E-state index in [1.807, 2.05) is 18.2 Å². The molecule has 1 N–H and O–H groups in total. The minimum atomic E-state index is -0.145. The maximum Gasteiger partial charge on any atom is 0.258 e. The van der Waals surface area contributed by atoms with E-state index in [-0.39, 0.29) is 11.3 Å². The molecule has 0 spiro atoms. The van der Waals surface area contributed by atoms with E-state index in [0.717, 1.165) is 15.0 Å². The van der Waals surface area contributed by atoms with Crippen molar-refractivity contribution in [1.29, 1.82) is 0 Å². The first-order chi connectivity index (χ1) is 9.35. The Kier molecular flexibility index (Phi) is 4.74.